The predicted octanol–water partition coefficient (Wildman–Crippen LogP) is 3.79. The fourth-order valence-corrected chi connectivity index (χ4v) is 1.58. The SMILES string of the molecule is CCN(C)C(=O)Nc1c(Cl)ccc(C)c1Cl. The molecule has 0 atom stereocenters. The highest BCUT2D eigenvalue weighted by Crippen LogP contribution is 2.32. The second-order valence-corrected chi connectivity index (χ2v) is 4.28. The second-order valence-electron chi connectivity index (χ2n) is 3.50. The van der Waals surface area contributed by atoms with E-state index in [1.807, 2.05) is 19.9 Å². The molecule has 88 valence electrons. The van der Waals surface area contributed by atoms with Crippen molar-refractivity contribution in [3.8, 4) is 0 Å². The lowest BCUT2D eigenvalue weighted by atomic mass is 10.2. The number of anilines is 1. The zero-order valence-electron chi connectivity index (χ0n) is 9.47. The molecule has 0 aromatic heterocycles. The van der Waals surface area contributed by atoms with E-state index < -0.39 is 0 Å². The number of aryl methyl sites for hydroxylation is 1. The summed E-state index contributed by atoms with van der Waals surface area (Å²) in [6.07, 6.45) is 0. The Morgan fingerprint density at radius 2 is 2.06 bits per heavy atom. The maximum Gasteiger partial charge on any atom is 0.321 e. The van der Waals surface area contributed by atoms with E-state index in [1.165, 1.54) is 4.90 Å². The third-order valence-corrected chi connectivity index (χ3v) is 3.14. The number of carbonyl (C=O) groups is 1. The summed E-state index contributed by atoms with van der Waals surface area (Å²) >= 11 is 12.0. The topological polar surface area (TPSA) is 32.3 Å². The van der Waals surface area contributed by atoms with Crippen molar-refractivity contribution in [3.63, 3.8) is 0 Å². The predicted molar refractivity (Wildman–Crippen MR) is 68.5 cm³/mol. The van der Waals surface area contributed by atoms with Gasteiger partial charge in [-0.2, -0.15) is 0 Å². The molecule has 1 aromatic rings. The standard InChI is InChI=1S/C11H14Cl2N2O/c1-4-15(3)11(16)14-10-8(12)6-5-7(2)9(10)13/h5-6H,4H2,1-3H3,(H,14,16). The lowest BCUT2D eigenvalue weighted by molar-refractivity contribution is 0.224. The number of amides is 2. The molecule has 0 fully saturated rings. The third kappa shape index (κ3) is 2.80. The van der Waals surface area contributed by atoms with Crippen molar-refractivity contribution in [2.45, 2.75) is 13.8 Å². The summed E-state index contributed by atoms with van der Waals surface area (Å²) in [7, 11) is 1.70. The molecule has 16 heavy (non-hydrogen) atoms. The minimum Gasteiger partial charge on any atom is -0.328 e. The molecule has 0 saturated heterocycles. The summed E-state index contributed by atoms with van der Waals surface area (Å²) in [6.45, 7) is 4.36. The van der Waals surface area contributed by atoms with Gasteiger partial charge in [0.1, 0.15) is 0 Å². The number of nitrogens with one attached hydrogen (secondary N) is 1. The van der Waals surface area contributed by atoms with E-state index in [0.29, 0.717) is 22.3 Å². The smallest absolute Gasteiger partial charge is 0.321 e. The van der Waals surface area contributed by atoms with Crippen LogP contribution in [0.3, 0.4) is 0 Å². The zero-order chi connectivity index (χ0) is 12.3. The van der Waals surface area contributed by atoms with Crippen LogP contribution in [-0.4, -0.2) is 24.5 Å². The Labute approximate surface area is 105 Å². The molecule has 5 heteroatoms. The summed E-state index contributed by atoms with van der Waals surface area (Å²) in [4.78, 5) is 13.2. The lowest BCUT2D eigenvalue weighted by Crippen LogP contribution is -2.31. The highest BCUT2D eigenvalue weighted by molar-refractivity contribution is 6.40. The summed E-state index contributed by atoms with van der Waals surface area (Å²) in [5.41, 5.74) is 1.34. The molecule has 0 saturated carbocycles. The molecule has 0 aliphatic carbocycles. The van der Waals surface area contributed by atoms with E-state index in [1.54, 1.807) is 13.1 Å². The molecule has 2 amide bonds. The molecule has 0 spiro atoms. The van der Waals surface area contributed by atoms with Gasteiger partial charge in [-0.05, 0) is 25.5 Å². The number of carbonyl (C=O) groups excluding carboxylic acids is 1. The van der Waals surface area contributed by atoms with Gasteiger partial charge in [0.2, 0.25) is 0 Å². The summed E-state index contributed by atoms with van der Waals surface area (Å²) in [5.74, 6) is 0. The van der Waals surface area contributed by atoms with Crippen molar-refractivity contribution < 1.29 is 4.79 Å². The van der Waals surface area contributed by atoms with E-state index in [0.717, 1.165) is 5.56 Å². The summed E-state index contributed by atoms with van der Waals surface area (Å²) < 4.78 is 0. The van der Waals surface area contributed by atoms with Crippen LogP contribution >= 0.6 is 23.2 Å². The highest BCUT2D eigenvalue weighted by atomic mass is 35.5. The lowest BCUT2D eigenvalue weighted by Gasteiger charge is -2.17. The molecule has 3 nitrogen and oxygen atoms in total. The third-order valence-electron chi connectivity index (χ3n) is 2.34. The van der Waals surface area contributed by atoms with Gasteiger partial charge in [-0.15, -0.1) is 0 Å². The maximum absolute atomic E-state index is 11.7. The number of hydrogen-bond acceptors (Lipinski definition) is 1. The number of halogens is 2. The molecule has 0 unspecified atom stereocenters. The van der Waals surface area contributed by atoms with E-state index >= 15 is 0 Å². The summed E-state index contributed by atoms with van der Waals surface area (Å²) in [5, 5.41) is 3.61. The molecule has 0 aliphatic heterocycles. The average molecular weight is 261 g/mol. The molecule has 1 aromatic carbocycles. The fraction of sp³-hybridized carbons (Fsp3) is 0.364. The number of hydrogen-bond donors (Lipinski definition) is 1. The molecule has 0 radical (unpaired) electrons. The van der Waals surface area contributed by atoms with Crippen LogP contribution in [0, 0.1) is 6.92 Å². The normalized spacial score (nSPS) is 10.1. The van der Waals surface area contributed by atoms with Crippen LogP contribution < -0.4 is 5.32 Å². The second kappa shape index (κ2) is 5.41. The molecule has 1 rings (SSSR count). The quantitative estimate of drug-likeness (QED) is 0.863. The first kappa shape index (κ1) is 13.1. The minimum atomic E-state index is -0.225. The molecule has 0 aliphatic rings. The number of benzene rings is 1. The monoisotopic (exact) mass is 260 g/mol. The van der Waals surface area contributed by atoms with Crippen LogP contribution in [0.1, 0.15) is 12.5 Å². The van der Waals surface area contributed by atoms with Gasteiger partial charge >= 0.3 is 6.03 Å². The van der Waals surface area contributed by atoms with Crippen molar-refractivity contribution in [1.82, 2.24) is 4.90 Å². The van der Waals surface area contributed by atoms with E-state index in [9.17, 15) is 4.79 Å². The first-order valence-corrected chi connectivity index (χ1v) is 5.69. The van der Waals surface area contributed by atoms with E-state index in [4.69, 9.17) is 23.2 Å². The van der Waals surface area contributed by atoms with Crippen LogP contribution in [0.4, 0.5) is 10.5 Å². The van der Waals surface area contributed by atoms with Crippen molar-refractivity contribution in [3.05, 3.63) is 27.7 Å². The molecule has 0 heterocycles. The Kier molecular flexibility index (Phi) is 4.44. The van der Waals surface area contributed by atoms with Crippen molar-refractivity contribution in [2.75, 3.05) is 18.9 Å². The zero-order valence-corrected chi connectivity index (χ0v) is 11.0. The fourth-order valence-electron chi connectivity index (χ4n) is 1.12. The van der Waals surface area contributed by atoms with Crippen molar-refractivity contribution >= 4 is 34.9 Å². The van der Waals surface area contributed by atoms with E-state index in [-0.39, 0.29) is 6.03 Å². The maximum atomic E-state index is 11.7. The first-order chi connectivity index (χ1) is 7.47. The van der Waals surface area contributed by atoms with Crippen LogP contribution in [-0.2, 0) is 0 Å². The Morgan fingerprint density at radius 1 is 1.44 bits per heavy atom. The van der Waals surface area contributed by atoms with Crippen molar-refractivity contribution in [2.24, 2.45) is 0 Å². The Balaban J connectivity index is 2.97. The molecular formula is C11H14Cl2N2O. The Morgan fingerprint density at radius 3 is 2.62 bits per heavy atom. The average Bonchev–Trinajstić information content (AvgIpc) is 2.28. The summed E-state index contributed by atoms with van der Waals surface area (Å²) in [6, 6.07) is 3.30. The highest BCUT2D eigenvalue weighted by Gasteiger charge is 2.13. The van der Waals surface area contributed by atoms with Crippen LogP contribution in [0.2, 0.25) is 10.0 Å². The van der Waals surface area contributed by atoms with Crippen LogP contribution in [0.5, 0.6) is 0 Å². The molecular weight excluding hydrogens is 247 g/mol. The molecule has 1 N–H and O–H groups in total. The van der Waals surface area contributed by atoms with Gasteiger partial charge < -0.3 is 10.2 Å². The van der Waals surface area contributed by atoms with Gasteiger partial charge in [-0.25, -0.2) is 4.79 Å². The van der Waals surface area contributed by atoms with Gasteiger partial charge in [0, 0.05) is 13.6 Å². The minimum absolute atomic E-state index is 0.225. The van der Waals surface area contributed by atoms with Gasteiger partial charge in [0.15, 0.2) is 0 Å². The number of nitrogens with zero attached hydrogens (tertiary/aromatic N) is 1. The van der Waals surface area contributed by atoms with E-state index in [2.05, 4.69) is 5.32 Å². The number of urea groups is 1. The Hall–Kier alpha value is -0.930. The van der Waals surface area contributed by atoms with Gasteiger partial charge in [-0.1, -0.05) is 29.3 Å². The van der Waals surface area contributed by atoms with Crippen LogP contribution in [0.15, 0.2) is 12.1 Å². The largest absolute Gasteiger partial charge is 0.328 e. The Bertz CT molecular complexity index is 407. The van der Waals surface area contributed by atoms with Crippen LogP contribution in [0.25, 0.3) is 0 Å². The molecule has 0 bridgehead atoms. The van der Waals surface area contributed by atoms with Gasteiger partial charge in [0.25, 0.3) is 0 Å². The van der Waals surface area contributed by atoms with Crippen molar-refractivity contribution in [1.29, 1.82) is 0 Å². The first-order valence-electron chi connectivity index (χ1n) is 4.94. The van der Waals surface area contributed by atoms with Gasteiger partial charge in [-0.3, -0.25) is 0 Å². The van der Waals surface area contributed by atoms with Gasteiger partial charge in [0.05, 0.1) is 15.7 Å². The number of rotatable bonds is 2.